The van der Waals surface area contributed by atoms with Gasteiger partial charge in [-0.05, 0) is 55.3 Å². The lowest BCUT2D eigenvalue weighted by molar-refractivity contribution is -0.137. The number of likely N-dealkylation sites (tertiary alicyclic amines) is 1. The van der Waals surface area contributed by atoms with Gasteiger partial charge >= 0.3 is 6.18 Å². The summed E-state index contributed by atoms with van der Waals surface area (Å²) in [5.41, 5.74) is 0.318. The van der Waals surface area contributed by atoms with Gasteiger partial charge in [0.2, 0.25) is 0 Å². The third kappa shape index (κ3) is 7.07. The van der Waals surface area contributed by atoms with Crippen LogP contribution in [0.15, 0.2) is 42.5 Å². The van der Waals surface area contributed by atoms with Crippen molar-refractivity contribution in [3.63, 3.8) is 0 Å². The van der Waals surface area contributed by atoms with Crippen LogP contribution in [0.2, 0.25) is 5.02 Å². The predicted octanol–water partition coefficient (Wildman–Crippen LogP) is 5.89. The smallest absolute Gasteiger partial charge is 0.382 e. The van der Waals surface area contributed by atoms with Gasteiger partial charge in [0.25, 0.3) is 0 Å². The van der Waals surface area contributed by atoms with Gasteiger partial charge in [0.15, 0.2) is 0 Å². The number of anilines is 2. The number of nitrogens with zero attached hydrogens (tertiary/aromatic N) is 4. The van der Waals surface area contributed by atoms with Crippen LogP contribution in [0.25, 0.3) is 0 Å². The number of hydrogen-bond acceptors (Lipinski definition) is 5. The van der Waals surface area contributed by atoms with E-state index in [0.717, 1.165) is 74.7 Å². The van der Waals surface area contributed by atoms with Crippen LogP contribution in [0, 0.1) is 17.2 Å². The summed E-state index contributed by atoms with van der Waals surface area (Å²) < 4.78 is 39.8. The largest absolute Gasteiger partial charge is 0.417 e. The van der Waals surface area contributed by atoms with E-state index in [9.17, 15) is 13.2 Å². The van der Waals surface area contributed by atoms with Crippen molar-refractivity contribution in [3.8, 4) is 6.07 Å². The molecule has 198 valence electrons. The van der Waals surface area contributed by atoms with Gasteiger partial charge in [-0.15, -0.1) is 0 Å². The van der Waals surface area contributed by atoms with Crippen LogP contribution in [0.5, 0.6) is 0 Å². The first-order valence-corrected chi connectivity index (χ1v) is 13.3. The van der Waals surface area contributed by atoms with Crippen molar-refractivity contribution in [2.24, 2.45) is 5.92 Å². The molecule has 1 unspecified atom stereocenters. The molecule has 2 aliphatic heterocycles. The lowest BCUT2D eigenvalue weighted by atomic mass is 10.0. The molecule has 5 nitrogen and oxygen atoms in total. The van der Waals surface area contributed by atoms with Gasteiger partial charge in [0, 0.05) is 74.2 Å². The summed E-state index contributed by atoms with van der Waals surface area (Å²) in [6, 6.07) is 13.5. The van der Waals surface area contributed by atoms with Gasteiger partial charge in [-0.2, -0.15) is 18.4 Å². The summed E-state index contributed by atoms with van der Waals surface area (Å²) in [5.74, 6) is 0.245. The molecule has 0 aliphatic carbocycles. The maximum absolute atomic E-state index is 13.3. The molecular weight excluding hydrogens is 519 g/mol. The number of piperidine rings is 1. The minimum Gasteiger partial charge on any atom is -0.382 e. The maximum Gasteiger partial charge on any atom is 0.417 e. The first kappa shape index (κ1) is 27.5. The SMILES string of the molecule is CC(CN1CCN(c2ccc(Cl)cc2)CC1)C(=S)N1CCC(Nc2ccc(C#N)c(C(F)(F)F)c2)CC1. The van der Waals surface area contributed by atoms with Gasteiger partial charge in [-0.3, -0.25) is 4.90 Å². The Labute approximate surface area is 226 Å². The molecule has 0 bridgehead atoms. The zero-order valence-corrected chi connectivity index (χ0v) is 22.3. The fourth-order valence-corrected chi connectivity index (χ4v) is 5.45. The second-order valence-electron chi connectivity index (χ2n) is 9.78. The van der Waals surface area contributed by atoms with E-state index in [0.29, 0.717) is 5.69 Å². The highest BCUT2D eigenvalue weighted by molar-refractivity contribution is 7.80. The van der Waals surface area contributed by atoms with Gasteiger partial charge in [0.1, 0.15) is 0 Å². The number of thiocarbonyl (C=S) groups is 1. The normalized spacial score (nSPS) is 18.4. The van der Waals surface area contributed by atoms with Gasteiger partial charge in [0.05, 0.1) is 22.2 Å². The third-order valence-electron chi connectivity index (χ3n) is 7.14. The Hall–Kier alpha value is -2.54. The lowest BCUT2D eigenvalue weighted by Crippen LogP contribution is -2.50. The molecule has 2 aromatic carbocycles. The fourth-order valence-electron chi connectivity index (χ4n) is 5.06. The van der Waals surface area contributed by atoms with Crippen LogP contribution < -0.4 is 10.2 Å². The Bertz CT molecular complexity index is 1120. The van der Waals surface area contributed by atoms with E-state index in [1.54, 1.807) is 12.1 Å². The fraction of sp³-hybridized carbons (Fsp3) is 0.481. The average Bonchev–Trinajstić information content (AvgIpc) is 2.89. The number of rotatable bonds is 6. The van der Waals surface area contributed by atoms with Gasteiger partial charge in [-0.1, -0.05) is 30.7 Å². The van der Waals surface area contributed by atoms with Crippen LogP contribution in [-0.2, 0) is 6.18 Å². The molecule has 0 radical (unpaired) electrons. The molecule has 2 fully saturated rings. The first-order chi connectivity index (χ1) is 17.6. The molecule has 2 aromatic rings. The maximum atomic E-state index is 13.3. The molecule has 10 heteroatoms. The molecule has 0 amide bonds. The molecule has 4 rings (SSSR count). The molecule has 2 saturated heterocycles. The number of nitriles is 1. The zero-order chi connectivity index (χ0) is 26.6. The summed E-state index contributed by atoms with van der Waals surface area (Å²) in [6.07, 6.45) is -2.99. The third-order valence-corrected chi connectivity index (χ3v) is 8.05. The molecule has 1 N–H and O–H groups in total. The van der Waals surface area contributed by atoms with Crippen molar-refractivity contribution in [1.82, 2.24) is 9.80 Å². The van der Waals surface area contributed by atoms with Crippen molar-refractivity contribution < 1.29 is 13.2 Å². The number of benzene rings is 2. The second kappa shape index (κ2) is 11.9. The van der Waals surface area contributed by atoms with Crippen LogP contribution in [0.1, 0.15) is 30.9 Å². The summed E-state index contributed by atoms with van der Waals surface area (Å²) >= 11 is 11.8. The van der Waals surface area contributed by atoms with Crippen molar-refractivity contribution in [3.05, 3.63) is 58.6 Å². The van der Waals surface area contributed by atoms with Crippen LogP contribution in [0.4, 0.5) is 24.5 Å². The number of hydrogen-bond donors (Lipinski definition) is 1. The Morgan fingerprint density at radius 3 is 2.32 bits per heavy atom. The highest BCUT2D eigenvalue weighted by Crippen LogP contribution is 2.34. The molecule has 0 saturated carbocycles. The van der Waals surface area contributed by atoms with Crippen molar-refractivity contribution in [2.45, 2.75) is 32.0 Å². The Morgan fingerprint density at radius 2 is 1.73 bits per heavy atom. The lowest BCUT2D eigenvalue weighted by Gasteiger charge is -2.39. The number of nitrogens with one attached hydrogen (secondary N) is 1. The van der Waals surface area contributed by atoms with Gasteiger partial charge < -0.3 is 15.1 Å². The summed E-state index contributed by atoms with van der Waals surface area (Å²) in [5, 5.41) is 13.0. The topological polar surface area (TPSA) is 45.5 Å². The van der Waals surface area contributed by atoms with Gasteiger partial charge in [-0.25, -0.2) is 0 Å². The van der Waals surface area contributed by atoms with E-state index in [2.05, 4.69) is 39.1 Å². The summed E-state index contributed by atoms with van der Waals surface area (Å²) in [7, 11) is 0. The van der Waals surface area contributed by atoms with Crippen molar-refractivity contribution in [1.29, 1.82) is 5.26 Å². The average molecular weight is 550 g/mol. The van der Waals surface area contributed by atoms with E-state index in [1.807, 2.05) is 12.1 Å². The highest BCUT2D eigenvalue weighted by atomic mass is 35.5. The Kier molecular flexibility index (Phi) is 8.83. The number of alkyl halides is 3. The standard InChI is InChI=1S/C27H31ClF3N5S/c1-19(18-34-12-14-35(15-13-34)24-6-3-21(28)4-7-24)26(37)36-10-8-22(9-11-36)33-23-5-2-20(17-32)25(16-23)27(29,30)31/h2-7,16,19,22,33H,8-15,18H2,1H3. The van der Waals surface area contributed by atoms with E-state index in [-0.39, 0.29) is 17.5 Å². The van der Waals surface area contributed by atoms with E-state index in [1.165, 1.54) is 11.8 Å². The summed E-state index contributed by atoms with van der Waals surface area (Å²) in [4.78, 5) is 8.03. The predicted molar refractivity (Wildman–Crippen MR) is 146 cm³/mol. The van der Waals surface area contributed by atoms with E-state index >= 15 is 0 Å². The van der Waals surface area contributed by atoms with Crippen LogP contribution in [-0.4, -0.2) is 66.6 Å². The van der Waals surface area contributed by atoms with Crippen molar-refractivity contribution in [2.75, 3.05) is 56.0 Å². The zero-order valence-electron chi connectivity index (χ0n) is 20.8. The van der Waals surface area contributed by atoms with Crippen LogP contribution in [0.3, 0.4) is 0 Å². The molecule has 0 spiro atoms. The molecule has 2 aliphatic rings. The Balaban J connectivity index is 1.23. The van der Waals surface area contributed by atoms with E-state index < -0.39 is 11.7 Å². The minimum atomic E-state index is -4.56. The summed E-state index contributed by atoms with van der Waals surface area (Å²) in [6.45, 7) is 8.51. The first-order valence-electron chi connectivity index (χ1n) is 12.5. The second-order valence-corrected chi connectivity index (χ2v) is 10.6. The monoisotopic (exact) mass is 549 g/mol. The molecule has 2 heterocycles. The highest BCUT2D eigenvalue weighted by Gasteiger charge is 2.34. The minimum absolute atomic E-state index is 0.0596. The van der Waals surface area contributed by atoms with Crippen LogP contribution >= 0.6 is 23.8 Å². The quantitative estimate of drug-likeness (QED) is 0.453. The molecule has 37 heavy (non-hydrogen) atoms. The number of halogens is 4. The van der Waals surface area contributed by atoms with E-state index in [4.69, 9.17) is 29.1 Å². The Morgan fingerprint density at radius 1 is 1.08 bits per heavy atom. The molecule has 1 atom stereocenters. The molecular formula is C27H31ClF3N5S. The number of piperazine rings is 1. The van der Waals surface area contributed by atoms with Crippen molar-refractivity contribution >= 4 is 40.2 Å². The molecule has 0 aromatic heterocycles.